The molecule has 0 fully saturated rings. The van der Waals surface area contributed by atoms with Gasteiger partial charge in [-0.1, -0.05) is 26.5 Å². The summed E-state index contributed by atoms with van der Waals surface area (Å²) in [7, 11) is 0. The van der Waals surface area contributed by atoms with Crippen molar-refractivity contribution >= 4 is 6.08 Å². The Morgan fingerprint density at radius 3 is 2.67 bits per heavy atom. The molecule has 0 radical (unpaired) electrons. The van der Waals surface area contributed by atoms with Crippen LogP contribution in [0, 0.1) is 12.7 Å². The Bertz CT molecular complexity index is 582. The molecule has 0 saturated heterocycles. The van der Waals surface area contributed by atoms with Crippen LogP contribution in [0.1, 0.15) is 36.7 Å². The Balaban J connectivity index is 2.53. The monoisotopic (exact) mass is 244 g/mol. The number of nitrogens with one attached hydrogen (secondary N) is 1. The molecule has 0 amide bonds. The van der Waals surface area contributed by atoms with Gasteiger partial charge in [0.25, 0.3) is 0 Å². The molecule has 1 heterocycles. The third-order valence-electron chi connectivity index (χ3n) is 3.10. The van der Waals surface area contributed by atoms with E-state index in [1.165, 1.54) is 6.07 Å². The van der Waals surface area contributed by atoms with Gasteiger partial charge in [-0.25, -0.2) is 9.37 Å². The first-order valence-electron chi connectivity index (χ1n) is 6.01. The van der Waals surface area contributed by atoms with Crippen molar-refractivity contribution in [3.05, 3.63) is 47.7 Å². The van der Waals surface area contributed by atoms with Crippen LogP contribution in [0.5, 0.6) is 0 Å². The average Bonchev–Trinajstić information content (AvgIpc) is 2.79. The van der Waals surface area contributed by atoms with Gasteiger partial charge in [0.15, 0.2) is 0 Å². The number of rotatable bonds is 3. The second kappa shape index (κ2) is 4.77. The lowest BCUT2D eigenvalue weighted by atomic mass is 10.00. The molecule has 1 aromatic heterocycles. The standard InChI is InChI=1S/C15H17FN2/c1-5-11-10(4)12(6-7-13(11)16)14-8-17-15(18-14)9(2)3/h5-9H,1H2,2-4H3,(H,17,18). The minimum Gasteiger partial charge on any atom is -0.342 e. The molecule has 18 heavy (non-hydrogen) atoms. The highest BCUT2D eigenvalue weighted by Gasteiger charge is 2.12. The first kappa shape index (κ1) is 12.6. The van der Waals surface area contributed by atoms with Crippen LogP contribution < -0.4 is 0 Å². The number of halogens is 1. The number of benzene rings is 1. The summed E-state index contributed by atoms with van der Waals surface area (Å²) >= 11 is 0. The maximum atomic E-state index is 13.6. The quantitative estimate of drug-likeness (QED) is 0.857. The van der Waals surface area contributed by atoms with Crippen LogP contribution in [-0.4, -0.2) is 9.97 Å². The number of hydrogen-bond donors (Lipinski definition) is 1. The van der Waals surface area contributed by atoms with Crippen LogP contribution in [0.4, 0.5) is 4.39 Å². The van der Waals surface area contributed by atoms with E-state index >= 15 is 0 Å². The summed E-state index contributed by atoms with van der Waals surface area (Å²) in [6.07, 6.45) is 3.34. The number of hydrogen-bond acceptors (Lipinski definition) is 1. The van der Waals surface area contributed by atoms with Gasteiger partial charge in [0.2, 0.25) is 0 Å². The molecule has 94 valence electrons. The van der Waals surface area contributed by atoms with Crippen molar-refractivity contribution in [2.24, 2.45) is 0 Å². The van der Waals surface area contributed by atoms with Gasteiger partial charge < -0.3 is 4.98 Å². The second-order valence-electron chi connectivity index (χ2n) is 4.67. The van der Waals surface area contributed by atoms with Gasteiger partial charge in [-0.05, 0) is 24.6 Å². The van der Waals surface area contributed by atoms with E-state index in [4.69, 9.17) is 0 Å². The van der Waals surface area contributed by atoms with E-state index in [1.54, 1.807) is 18.3 Å². The molecule has 0 bridgehead atoms. The summed E-state index contributed by atoms with van der Waals surface area (Å²) < 4.78 is 13.6. The van der Waals surface area contributed by atoms with E-state index in [0.717, 1.165) is 22.6 Å². The summed E-state index contributed by atoms with van der Waals surface area (Å²) in [5.74, 6) is 1.04. The molecule has 0 aliphatic rings. The smallest absolute Gasteiger partial charge is 0.130 e. The second-order valence-corrected chi connectivity index (χ2v) is 4.67. The minimum atomic E-state index is -0.241. The third-order valence-corrected chi connectivity index (χ3v) is 3.10. The van der Waals surface area contributed by atoms with Gasteiger partial charge in [0.05, 0.1) is 11.9 Å². The average molecular weight is 244 g/mol. The Labute approximate surface area is 107 Å². The molecular weight excluding hydrogens is 227 g/mol. The van der Waals surface area contributed by atoms with Gasteiger partial charge in [0, 0.05) is 17.0 Å². The number of aromatic nitrogens is 2. The Hall–Kier alpha value is -1.90. The number of aromatic amines is 1. The van der Waals surface area contributed by atoms with Crippen LogP contribution in [0.15, 0.2) is 24.9 Å². The summed E-state index contributed by atoms with van der Waals surface area (Å²) in [6, 6.07) is 3.24. The highest BCUT2D eigenvalue weighted by atomic mass is 19.1. The Morgan fingerprint density at radius 2 is 2.11 bits per heavy atom. The summed E-state index contributed by atoms with van der Waals surface area (Å²) in [4.78, 5) is 7.61. The van der Waals surface area contributed by atoms with Crippen LogP contribution in [0.25, 0.3) is 17.3 Å². The number of H-pyrrole nitrogens is 1. The predicted octanol–water partition coefficient (Wildman–Crippen LogP) is 4.29. The van der Waals surface area contributed by atoms with Crippen molar-refractivity contribution in [2.45, 2.75) is 26.7 Å². The first-order valence-corrected chi connectivity index (χ1v) is 6.01. The van der Waals surface area contributed by atoms with E-state index in [9.17, 15) is 4.39 Å². The van der Waals surface area contributed by atoms with Gasteiger partial charge in [0.1, 0.15) is 11.6 Å². The Morgan fingerprint density at radius 1 is 1.39 bits per heavy atom. The van der Waals surface area contributed by atoms with Gasteiger partial charge >= 0.3 is 0 Å². The molecule has 0 aliphatic carbocycles. The van der Waals surface area contributed by atoms with Crippen molar-refractivity contribution in [1.82, 2.24) is 9.97 Å². The van der Waals surface area contributed by atoms with Crippen LogP contribution >= 0.6 is 0 Å². The molecule has 1 aromatic carbocycles. The van der Waals surface area contributed by atoms with Gasteiger partial charge in [-0.15, -0.1) is 0 Å². The zero-order chi connectivity index (χ0) is 13.3. The highest BCUT2D eigenvalue weighted by Crippen LogP contribution is 2.27. The molecule has 0 unspecified atom stereocenters. The van der Waals surface area contributed by atoms with Crippen molar-refractivity contribution < 1.29 is 4.39 Å². The van der Waals surface area contributed by atoms with Crippen LogP contribution in [0.2, 0.25) is 0 Å². The molecule has 0 spiro atoms. The molecule has 0 saturated carbocycles. The number of nitrogens with zero attached hydrogens (tertiary/aromatic N) is 1. The molecule has 1 N–H and O–H groups in total. The molecule has 2 rings (SSSR count). The largest absolute Gasteiger partial charge is 0.342 e. The first-order chi connectivity index (χ1) is 8.54. The van der Waals surface area contributed by atoms with E-state index in [1.807, 2.05) is 6.92 Å². The lowest BCUT2D eigenvalue weighted by Gasteiger charge is -2.08. The third kappa shape index (κ3) is 2.08. The van der Waals surface area contributed by atoms with Crippen LogP contribution in [0.3, 0.4) is 0 Å². The van der Waals surface area contributed by atoms with E-state index in [2.05, 4.69) is 30.4 Å². The molecule has 0 atom stereocenters. The highest BCUT2D eigenvalue weighted by molar-refractivity contribution is 5.69. The van der Waals surface area contributed by atoms with Gasteiger partial charge in [-0.2, -0.15) is 0 Å². The van der Waals surface area contributed by atoms with Crippen molar-refractivity contribution in [1.29, 1.82) is 0 Å². The SMILES string of the molecule is C=Cc1c(F)ccc(-c2cnc(C(C)C)[nH]2)c1C. The topological polar surface area (TPSA) is 28.7 Å². The zero-order valence-electron chi connectivity index (χ0n) is 10.9. The lowest BCUT2D eigenvalue weighted by molar-refractivity contribution is 0.624. The Kier molecular flexibility index (Phi) is 3.32. The fraction of sp³-hybridized carbons (Fsp3) is 0.267. The van der Waals surface area contributed by atoms with Crippen molar-refractivity contribution in [3.63, 3.8) is 0 Å². The molecular formula is C15H17FN2. The number of imidazole rings is 1. The molecule has 2 nitrogen and oxygen atoms in total. The maximum absolute atomic E-state index is 13.6. The minimum absolute atomic E-state index is 0.241. The fourth-order valence-electron chi connectivity index (χ4n) is 2.00. The normalized spacial score (nSPS) is 10.9. The lowest BCUT2D eigenvalue weighted by Crippen LogP contribution is -1.93. The summed E-state index contributed by atoms with van der Waals surface area (Å²) in [5.41, 5.74) is 3.31. The molecule has 3 heteroatoms. The predicted molar refractivity (Wildman–Crippen MR) is 72.9 cm³/mol. The summed E-state index contributed by atoms with van der Waals surface area (Å²) in [6.45, 7) is 9.71. The van der Waals surface area contributed by atoms with Crippen molar-refractivity contribution in [2.75, 3.05) is 0 Å². The van der Waals surface area contributed by atoms with Crippen molar-refractivity contribution in [3.8, 4) is 11.3 Å². The van der Waals surface area contributed by atoms with Gasteiger partial charge in [-0.3, -0.25) is 0 Å². The van der Waals surface area contributed by atoms with E-state index in [-0.39, 0.29) is 5.82 Å². The van der Waals surface area contributed by atoms with E-state index in [0.29, 0.717) is 11.5 Å². The molecule has 2 aromatic rings. The molecule has 0 aliphatic heterocycles. The van der Waals surface area contributed by atoms with Crippen LogP contribution in [-0.2, 0) is 0 Å². The van der Waals surface area contributed by atoms with E-state index < -0.39 is 0 Å². The zero-order valence-corrected chi connectivity index (χ0v) is 10.9. The fourth-order valence-corrected chi connectivity index (χ4v) is 2.00. The summed E-state index contributed by atoms with van der Waals surface area (Å²) in [5, 5.41) is 0. The maximum Gasteiger partial charge on any atom is 0.130 e.